The highest BCUT2D eigenvalue weighted by Gasteiger charge is 2.35. The van der Waals surface area contributed by atoms with E-state index in [2.05, 4.69) is 25.5 Å². The summed E-state index contributed by atoms with van der Waals surface area (Å²) in [6.45, 7) is 0.459. The molecule has 31 heavy (non-hydrogen) atoms. The van der Waals surface area contributed by atoms with Crippen LogP contribution in [0.25, 0.3) is 22.2 Å². The molecule has 0 atom stereocenters. The van der Waals surface area contributed by atoms with Crippen LogP contribution in [0.4, 0.5) is 13.2 Å². The number of benzene rings is 2. The van der Waals surface area contributed by atoms with Crippen LogP contribution < -0.4 is 5.32 Å². The first-order chi connectivity index (χ1) is 15.0. The van der Waals surface area contributed by atoms with Crippen molar-refractivity contribution in [1.29, 1.82) is 0 Å². The Balaban J connectivity index is 1.41. The molecule has 0 aliphatic heterocycles. The summed E-state index contributed by atoms with van der Waals surface area (Å²) < 4.78 is 41.8. The summed E-state index contributed by atoms with van der Waals surface area (Å²) in [5.74, 6) is -1.68. The molecular formula is C22H18F3N5O. The number of fused-ring (bicyclic) bond motifs is 1. The number of carbonyl (C=O) groups is 1. The number of aromatic nitrogens is 4. The highest BCUT2D eigenvalue weighted by atomic mass is 19.1. The lowest BCUT2D eigenvalue weighted by atomic mass is 9.70. The zero-order chi connectivity index (χ0) is 21.5. The van der Waals surface area contributed by atoms with Crippen LogP contribution >= 0.6 is 0 Å². The molecule has 2 aromatic heterocycles. The van der Waals surface area contributed by atoms with E-state index in [4.69, 9.17) is 0 Å². The maximum atomic E-state index is 14.4. The van der Waals surface area contributed by atoms with Crippen LogP contribution in [0.2, 0.25) is 0 Å². The SMILES string of the molecule is O=C(NC[C@H]1C[C@@H](c2c(-c3ccc(F)cc3)[nH]c3c(F)cc(F)cc32)C1)c1nc[nH]n1. The van der Waals surface area contributed by atoms with E-state index in [0.29, 0.717) is 23.2 Å². The van der Waals surface area contributed by atoms with Gasteiger partial charge in [0, 0.05) is 18.0 Å². The Labute approximate surface area is 174 Å². The van der Waals surface area contributed by atoms with Gasteiger partial charge in [0.2, 0.25) is 5.82 Å². The van der Waals surface area contributed by atoms with Gasteiger partial charge >= 0.3 is 0 Å². The minimum Gasteiger partial charge on any atom is -0.352 e. The molecule has 1 saturated carbocycles. The summed E-state index contributed by atoms with van der Waals surface area (Å²) in [4.78, 5) is 18.9. The average Bonchev–Trinajstić information content (AvgIpc) is 3.36. The zero-order valence-corrected chi connectivity index (χ0v) is 16.3. The van der Waals surface area contributed by atoms with Gasteiger partial charge in [-0.1, -0.05) is 0 Å². The maximum absolute atomic E-state index is 14.4. The normalized spacial score (nSPS) is 18.2. The quantitative estimate of drug-likeness (QED) is 0.446. The fraction of sp³-hybridized carbons (Fsp3) is 0.227. The topological polar surface area (TPSA) is 86.5 Å². The Morgan fingerprint density at radius 2 is 1.87 bits per heavy atom. The Bertz CT molecular complexity index is 1240. The summed E-state index contributed by atoms with van der Waals surface area (Å²) in [5, 5.41) is 9.54. The molecule has 158 valence electrons. The highest BCUT2D eigenvalue weighted by molar-refractivity contribution is 5.92. The molecule has 0 spiro atoms. The van der Waals surface area contributed by atoms with Crippen LogP contribution in [0.5, 0.6) is 0 Å². The second-order valence-electron chi connectivity index (χ2n) is 7.80. The van der Waals surface area contributed by atoms with Crippen LogP contribution in [0.15, 0.2) is 42.7 Å². The molecule has 1 aliphatic carbocycles. The van der Waals surface area contributed by atoms with Crippen molar-refractivity contribution in [3.05, 3.63) is 71.6 Å². The Morgan fingerprint density at radius 3 is 2.58 bits per heavy atom. The van der Waals surface area contributed by atoms with Crippen molar-refractivity contribution in [2.45, 2.75) is 18.8 Å². The summed E-state index contributed by atoms with van der Waals surface area (Å²) in [7, 11) is 0. The Morgan fingerprint density at radius 1 is 1.10 bits per heavy atom. The van der Waals surface area contributed by atoms with Gasteiger partial charge in [-0.15, -0.1) is 5.10 Å². The molecule has 0 unspecified atom stereocenters. The molecule has 5 rings (SSSR count). The third-order valence-electron chi connectivity index (χ3n) is 5.81. The molecule has 6 nitrogen and oxygen atoms in total. The number of halogens is 3. The van der Waals surface area contributed by atoms with Gasteiger partial charge in [-0.25, -0.2) is 18.2 Å². The number of carbonyl (C=O) groups excluding carboxylic acids is 1. The predicted octanol–water partition coefficient (Wildman–Crippen LogP) is 4.29. The van der Waals surface area contributed by atoms with Gasteiger partial charge in [0.25, 0.3) is 5.91 Å². The van der Waals surface area contributed by atoms with Crippen molar-refractivity contribution in [1.82, 2.24) is 25.5 Å². The van der Waals surface area contributed by atoms with Gasteiger partial charge in [0.15, 0.2) is 0 Å². The minimum absolute atomic E-state index is 0.0559. The highest BCUT2D eigenvalue weighted by Crippen LogP contribution is 2.48. The van der Waals surface area contributed by atoms with E-state index < -0.39 is 11.6 Å². The molecule has 1 amide bonds. The number of hydrogen-bond acceptors (Lipinski definition) is 3. The predicted molar refractivity (Wildman–Crippen MR) is 108 cm³/mol. The fourth-order valence-electron chi connectivity index (χ4n) is 4.28. The molecule has 9 heteroatoms. The molecule has 2 aromatic carbocycles. The summed E-state index contributed by atoms with van der Waals surface area (Å²) in [6.07, 6.45) is 2.82. The largest absolute Gasteiger partial charge is 0.352 e. The van der Waals surface area contributed by atoms with E-state index >= 15 is 0 Å². The van der Waals surface area contributed by atoms with E-state index in [-0.39, 0.29) is 34.9 Å². The monoisotopic (exact) mass is 425 g/mol. The lowest BCUT2D eigenvalue weighted by Gasteiger charge is -2.36. The summed E-state index contributed by atoms with van der Waals surface area (Å²) in [5.41, 5.74) is 2.41. The van der Waals surface area contributed by atoms with E-state index in [0.717, 1.165) is 24.5 Å². The van der Waals surface area contributed by atoms with Gasteiger partial charge in [0.1, 0.15) is 23.8 Å². The van der Waals surface area contributed by atoms with Gasteiger partial charge in [-0.05, 0) is 66.1 Å². The molecule has 2 heterocycles. The standard InChI is InChI=1S/C22H18F3N5O/c23-14-3-1-12(2-4-14)19-18(16-7-15(24)8-17(25)20(16)29-19)13-5-11(6-13)9-26-22(31)21-27-10-28-30-21/h1-4,7-8,10-11,13,29H,5-6,9H2,(H,26,31)(H,27,28,30)/t11-,13+. The minimum atomic E-state index is -0.667. The second-order valence-corrected chi connectivity index (χ2v) is 7.80. The molecule has 0 bridgehead atoms. The van der Waals surface area contributed by atoms with Gasteiger partial charge in [-0.3, -0.25) is 9.89 Å². The lowest BCUT2D eigenvalue weighted by molar-refractivity contribution is 0.0925. The lowest BCUT2D eigenvalue weighted by Crippen LogP contribution is -2.35. The van der Waals surface area contributed by atoms with Crippen LogP contribution in [-0.4, -0.2) is 32.6 Å². The first kappa shape index (κ1) is 19.3. The van der Waals surface area contributed by atoms with Crippen molar-refractivity contribution >= 4 is 16.8 Å². The average molecular weight is 425 g/mol. The van der Waals surface area contributed by atoms with Crippen LogP contribution in [0, 0.1) is 23.4 Å². The fourth-order valence-corrected chi connectivity index (χ4v) is 4.28. The van der Waals surface area contributed by atoms with Crippen LogP contribution in [0.3, 0.4) is 0 Å². The third kappa shape index (κ3) is 3.56. The van der Waals surface area contributed by atoms with Crippen LogP contribution in [-0.2, 0) is 0 Å². The van der Waals surface area contributed by atoms with Gasteiger partial charge in [-0.2, -0.15) is 0 Å². The number of hydrogen-bond donors (Lipinski definition) is 3. The number of H-pyrrole nitrogens is 2. The Hall–Kier alpha value is -3.62. The maximum Gasteiger partial charge on any atom is 0.290 e. The van der Waals surface area contributed by atoms with Crippen molar-refractivity contribution in [2.75, 3.05) is 6.54 Å². The van der Waals surface area contributed by atoms with Crippen LogP contribution in [0.1, 0.15) is 34.9 Å². The van der Waals surface area contributed by atoms with Gasteiger partial charge in [0.05, 0.1) is 11.2 Å². The zero-order valence-electron chi connectivity index (χ0n) is 16.3. The number of amides is 1. The van der Waals surface area contributed by atoms with Crippen molar-refractivity contribution in [3.8, 4) is 11.3 Å². The summed E-state index contributed by atoms with van der Waals surface area (Å²) >= 11 is 0. The molecule has 3 N–H and O–H groups in total. The van der Waals surface area contributed by atoms with E-state index in [1.54, 1.807) is 12.1 Å². The molecule has 4 aromatic rings. The summed E-state index contributed by atoms with van der Waals surface area (Å²) in [6, 6.07) is 8.08. The second kappa shape index (κ2) is 7.57. The van der Waals surface area contributed by atoms with E-state index in [1.165, 1.54) is 24.5 Å². The molecule has 1 aliphatic rings. The van der Waals surface area contributed by atoms with Crippen molar-refractivity contribution in [2.24, 2.45) is 5.92 Å². The van der Waals surface area contributed by atoms with E-state index in [1.807, 2.05) is 0 Å². The first-order valence-corrected chi connectivity index (χ1v) is 9.90. The number of nitrogens with zero attached hydrogens (tertiary/aromatic N) is 2. The smallest absolute Gasteiger partial charge is 0.290 e. The molecule has 1 fully saturated rings. The molecule has 0 saturated heterocycles. The van der Waals surface area contributed by atoms with Crippen molar-refractivity contribution < 1.29 is 18.0 Å². The number of aromatic amines is 2. The van der Waals surface area contributed by atoms with Gasteiger partial charge < -0.3 is 10.3 Å². The molecular weight excluding hydrogens is 407 g/mol. The first-order valence-electron chi connectivity index (χ1n) is 9.90. The van der Waals surface area contributed by atoms with E-state index in [9.17, 15) is 18.0 Å². The molecule has 0 radical (unpaired) electrons. The number of rotatable bonds is 5. The third-order valence-corrected chi connectivity index (χ3v) is 5.81. The Kier molecular flexibility index (Phi) is 4.72. The number of nitrogens with one attached hydrogen (secondary N) is 3. The van der Waals surface area contributed by atoms with Crippen molar-refractivity contribution in [3.63, 3.8) is 0 Å².